The maximum atomic E-state index is 12.4. The Kier molecular flexibility index (Phi) is 6.19. The Morgan fingerprint density at radius 1 is 1.18 bits per heavy atom. The molecule has 0 radical (unpaired) electrons. The zero-order chi connectivity index (χ0) is 20.5. The normalized spacial score (nSPS) is 12.1. The summed E-state index contributed by atoms with van der Waals surface area (Å²) in [6.07, 6.45) is 0.925. The van der Waals surface area contributed by atoms with Gasteiger partial charge in [0, 0.05) is 20.6 Å². The topological polar surface area (TPSA) is 67.2 Å². The monoisotopic (exact) mass is 440 g/mol. The third-order valence-corrected chi connectivity index (χ3v) is 7.04. The lowest BCUT2D eigenvalue weighted by Gasteiger charge is -2.12. The maximum absolute atomic E-state index is 12.4. The number of imidazole rings is 1. The Morgan fingerprint density at radius 2 is 1.93 bits per heavy atom. The second-order valence-electron chi connectivity index (χ2n) is 6.57. The molecule has 150 valence electrons. The fourth-order valence-corrected chi connectivity index (χ4v) is 4.24. The van der Waals surface area contributed by atoms with Crippen molar-refractivity contribution in [1.82, 2.24) is 13.9 Å². The number of aryl methyl sites for hydroxylation is 1. The minimum Gasteiger partial charge on any atom is -0.377 e. The summed E-state index contributed by atoms with van der Waals surface area (Å²) in [6.45, 7) is 3.29. The van der Waals surface area contributed by atoms with Crippen LogP contribution in [0.25, 0.3) is 11.0 Å². The van der Waals surface area contributed by atoms with Crippen LogP contribution in [0.2, 0.25) is 10.0 Å². The van der Waals surface area contributed by atoms with Crippen LogP contribution in [0.5, 0.6) is 0 Å². The molecule has 2 aromatic carbocycles. The highest BCUT2D eigenvalue weighted by Gasteiger charge is 2.19. The highest BCUT2D eigenvalue weighted by molar-refractivity contribution is 7.89. The molecule has 0 saturated heterocycles. The van der Waals surface area contributed by atoms with Gasteiger partial charge in [0.2, 0.25) is 10.0 Å². The number of nitrogens with one attached hydrogen (secondary N) is 1. The van der Waals surface area contributed by atoms with Crippen LogP contribution < -0.4 is 5.32 Å². The molecule has 0 aliphatic heterocycles. The maximum Gasteiger partial charge on any atom is 0.242 e. The van der Waals surface area contributed by atoms with E-state index >= 15 is 0 Å². The van der Waals surface area contributed by atoms with Gasteiger partial charge in [0.15, 0.2) is 0 Å². The highest BCUT2D eigenvalue weighted by atomic mass is 35.5. The molecule has 1 heterocycles. The number of fused-ring (bicyclic) bond motifs is 1. The second kappa shape index (κ2) is 8.29. The molecule has 0 saturated carbocycles. The Morgan fingerprint density at radius 3 is 2.61 bits per heavy atom. The number of rotatable bonds is 7. The zero-order valence-corrected chi connectivity index (χ0v) is 18.2. The van der Waals surface area contributed by atoms with Crippen molar-refractivity contribution in [2.24, 2.45) is 0 Å². The van der Waals surface area contributed by atoms with Gasteiger partial charge in [-0.15, -0.1) is 0 Å². The van der Waals surface area contributed by atoms with Gasteiger partial charge in [0.1, 0.15) is 5.82 Å². The quantitative estimate of drug-likeness (QED) is 0.581. The molecular weight excluding hydrogens is 419 g/mol. The minimum absolute atomic E-state index is 0.226. The number of anilines is 1. The summed E-state index contributed by atoms with van der Waals surface area (Å²) in [5.41, 5.74) is 2.26. The van der Waals surface area contributed by atoms with Crippen LogP contribution in [0.1, 0.15) is 19.2 Å². The zero-order valence-electron chi connectivity index (χ0n) is 15.9. The predicted octanol–water partition coefficient (Wildman–Crippen LogP) is 4.62. The van der Waals surface area contributed by atoms with Crippen LogP contribution in [0, 0.1) is 0 Å². The molecule has 0 spiro atoms. The van der Waals surface area contributed by atoms with E-state index in [2.05, 4.69) is 21.8 Å². The first-order valence-electron chi connectivity index (χ1n) is 8.85. The number of nitrogens with zero attached hydrogens (tertiary/aromatic N) is 3. The average Bonchev–Trinajstić information content (AvgIpc) is 3.00. The molecule has 0 unspecified atom stereocenters. The van der Waals surface area contributed by atoms with E-state index in [1.165, 1.54) is 18.4 Å². The van der Waals surface area contributed by atoms with Gasteiger partial charge in [-0.25, -0.2) is 17.7 Å². The summed E-state index contributed by atoms with van der Waals surface area (Å²) in [4.78, 5) is 4.90. The van der Waals surface area contributed by atoms with Crippen molar-refractivity contribution >= 4 is 49.9 Å². The Balaban J connectivity index is 1.99. The average molecular weight is 441 g/mol. The lowest BCUT2D eigenvalue weighted by Crippen LogP contribution is -2.22. The van der Waals surface area contributed by atoms with Crippen molar-refractivity contribution in [2.45, 2.75) is 31.3 Å². The van der Waals surface area contributed by atoms with Gasteiger partial charge >= 0.3 is 0 Å². The van der Waals surface area contributed by atoms with E-state index in [1.807, 2.05) is 18.2 Å². The van der Waals surface area contributed by atoms with Gasteiger partial charge in [-0.05, 0) is 36.8 Å². The summed E-state index contributed by atoms with van der Waals surface area (Å²) in [5, 5.41) is 4.21. The van der Waals surface area contributed by atoms with Gasteiger partial charge < -0.3 is 9.88 Å². The number of sulfonamides is 1. The van der Waals surface area contributed by atoms with E-state index in [-0.39, 0.29) is 4.90 Å². The van der Waals surface area contributed by atoms with E-state index in [9.17, 15) is 8.42 Å². The largest absolute Gasteiger partial charge is 0.377 e. The molecule has 0 amide bonds. The van der Waals surface area contributed by atoms with Crippen LogP contribution >= 0.6 is 23.2 Å². The lowest BCUT2D eigenvalue weighted by molar-refractivity contribution is 0.521. The molecular formula is C19H22Cl2N4O2S. The molecule has 9 heteroatoms. The Labute approximate surface area is 175 Å². The summed E-state index contributed by atoms with van der Waals surface area (Å²) in [7, 11) is -0.487. The molecule has 6 nitrogen and oxygen atoms in total. The summed E-state index contributed by atoms with van der Waals surface area (Å²) in [5.74, 6) is 0.798. The number of aromatic nitrogens is 2. The van der Waals surface area contributed by atoms with Crippen LogP contribution in [0.4, 0.5) is 5.69 Å². The first kappa shape index (κ1) is 20.9. The minimum atomic E-state index is -3.51. The van der Waals surface area contributed by atoms with Crippen molar-refractivity contribution in [3.8, 4) is 0 Å². The lowest BCUT2D eigenvalue weighted by atomic mass is 10.3. The first-order valence-corrected chi connectivity index (χ1v) is 11.0. The van der Waals surface area contributed by atoms with E-state index < -0.39 is 10.0 Å². The second-order valence-corrected chi connectivity index (χ2v) is 9.51. The fraction of sp³-hybridized carbons (Fsp3) is 0.316. The molecule has 1 aromatic heterocycles. The first-order chi connectivity index (χ1) is 13.3. The van der Waals surface area contributed by atoms with Crippen LogP contribution in [0.15, 0.2) is 41.3 Å². The van der Waals surface area contributed by atoms with Crippen LogP contribution in [-0.2, 0) is 23.1 Å². The van der Waals surface area contributed by atoms with Crippen LogP contribution in [0.3, 0.4) is 0 Å². The van der Waals surface area contributed by atoms with Gasteiger partial charge in [0.05, 0.1) is 38.2 Å². The molecule has 3 aromatic rings. The SMILES string of the molecule is CCCn1c(CNc2cccc(Cl)c2Cl)nc2cc(S(=O)(=O)N(C)C)ccc21. The van der Waals surface area contributed by atoms with E-state index in [0.29, 0.717) is 22.1 Å². The van der Waals surface area contributed by atoms with Crippen molar-refractivity contribution in [3.05, 3.63) is 52.3 Å². The smallest absolute Gasteiger partial charge is 0.242 e. The highest BCUT2D eigenvalue weighted by Crippen LogP contribution is 2.30. The molecule has 1 N–H and O–H groups in total. The van der Waals surface area contributed by atoms with Crippen molar-refractivity contribution < 1.29 is 8.42 Å². The van der Waals surface area contributed by atoms with Gasteiger partial charge in [-0.1, -0.05) is 36.2 Å². The van der Waals surface area contributed by atoms with Gasteiger partial charge in [-0.3, -0.25) is 0 Å². The number of halogens is 2. The molecule has 28 heavy (non-hydrogen) atoms. The van der Waals surface area contributed by atoms with Crippen molar-refractivity contribution in [3.63, 3.8) is 0 Å². The van der Waals surface area contributed by atoms with Crippen LogP contribution in [-0.4, -0.2) is 36.4 Å². The van der Waals surface area contributed by atoms with Crippen molar-refractivity contribution in [1.29, 1.82) is 0 Å². The molecule has 0 atom stereocenters. The number of hydrogen-bond acceptors (Lipinski definition) is 4. The number of benzene rings is 2. The fourth-order valence-electron chi connectivity index (χ4n) is 2.95. The van der Waals surface area contributed by atoms with Crippen molar-refractivity contribution in [2.75, 3.05) is 19.4 Å². The summed E-state index contributed by atoms with van der Waals surface area (Å²) < 4.78 is 28.1. The Hall–Kier alpha value is -1.80. The number of hydrogen-bond donors (Lipinski definition) is 1. The van der Waals surface area contributed by atoms with E-state index in [4.69, 9.17) is 23.2 Å². The van der Waals surface area contributed by atoms with Gasteiger partial charge in [-0.2, -0.15) is 0 Å². The summed E-state index contributed by atoms with van der Waals surface area (Å²) in [6, 6.07) is 10.5. The molecule has 3 rings (SSSR count). The predicted molar refractivity (Wildman–Crippen MR) is 115 cm³/mol. The summed E-state index contributed by atoms with van der Waals surface area (Å²) >= 11 is 12.3. The molecule has 0 aliphatic carbocycles. The van der Waals surface area contributed by atoms with E-state index in [0.717, 1.165) is 30.0 Å². The van der Waals surface area contributed by atoms with Gasteiger partial charge in [0.25, 0.3) is 0 Å². The molecule has 0 bridgehead atoms. The Bertz CT molecular complexity index is 1110. The van der Waals surface area contributed by atoms with E-state index in [1.54, 1.807) is 18.2 Å². The molecule has 0 aliphatic rings. The third-order valence-electron chi connectivity index (χ3n) is 4.41. The third kappa shape index (κ3) is 3.98. The standard InChI is InChI=1S/C19H22Cl2N4O2S/c1-4-10-25-17-9-8-13(28(26,27)24(2)3)11-16(17)23-18(25)12-22-15-7-5-6-14(20)19(15)21/h5-9,11,22H,4,10,12H2,1-3H3. The molecule has 0 fully saturated rings.